The van der Waals surface area contributed by atoms with Gasteiger partial charge in [-0.3, -0.25) is 14.4 Å². The van der Waals surface area contributed by atoms with Gasteiger partial charge < -0.3 is 5.32 Å². The predicted octanol–water partition coefficient (Wildman–Crippen LogP) is 2.32. The van der Waals surface area contributed by atoms with E-state index in [4.69, 9.17) is 0 Å². The number of carbonyl (C=O) groups is 3. The largest absolute Gasteiger partial charge is 0.337 e. The van der Waals surface area contributed by atoms with E-state index in [9.17, 15) is 14.4 Å². The van der Waals surface area contributed by atoms with Crippen LogP contribution in [0.1, 0.15) is 18.1 Å². The average molecular weight is 523 g/mol. The Morgan fingerprint density at radius 2 is 1.17 bits per heavy atom. The number of carbonyl (C=O) groups excluding carboxylic acids is 3. The van der Waals surface area contributed by atoms with Crippen molar-refractivity contribution in [1.82, 2.24) is 16.2 Å². The van der Waals surface area contributed by atoms with E-state index in [-0.39, 0.29) is 0 Å². The average Bonchev–Trinajstić information content (AvgIpc) is 2.69. The molecule has 0 heterocycles. The molecule has 8 nitrogen and oxygen atoms in total. The number of nitrogens with zero attached hydrogens (tertiary/aromatic N) is 2. The first-order chi connectivity index (χ1) is 13.8. The molecule has 2 aromatic carbocycles. The minimum Gasteiger partial charge on any atom is -0.337 e. The lowest BCUT2D eigenvalue weighted by Gasteiger charge is -2.13. The molecule has 0 saturated heterocycles. The molecule has 3 amide bonds. The second-order valence-corrected chi connectivity index (χ2v) is 7.54. The maximum Gasteiger partial charge on any atom is 0.272 e. The molecule has 29 heavy (non-hydrogen) atoms. The Labute approximate surface area is 184 Å². The van der Waals surface area contributed by atoms with Gasteiger partial charge in [-0.15, -0.1) is 0 Å². The lowest BCUT2D eigenvalue weighted by molar-refractivity contribution is -0.136. The van der Waals surface area contributed by atoms with Gasteiger partial charge in [-0.25, -0.2) is 10.9 Å². The van der Waals surface area contributed by atoms with Gasteiger partial charge in [0, 0.05) is 15.9 Å². The fraction of sp³-hybridized carbons (Fsp3) is 0.105. The summed E-state index contributed by atoms with van der Waals surface area (Å²) in [5.74, 6) is -2.15. The van der Waals surface area contributed by atoms with E-state index < -0.39 is 23.8 Å². The predicted molar refractivity (Wildman–Crippen MR) is 117 cm³/mol. The van der Waals surface area contributed by atoms with Crippen LogP contribution in [0.25, 0.3) is 0 Å². The van der Waals surface area contributed by atoms with E-state index in [1.807, 2.05) is 24.3 Å². The third-order valence-corrected chi connectivity index (χ3v) is 4.45. The SMILES string of the molecule is CC(=O)NC(C(=O)NN=Cc1ccc(Br)cc1)C(=O)NN=Cc1ccc(Br)cc1. The zero-order chi connectivity index (χ0) is 21.2. The van der Waals surface area contributed by atoms with Crippen LogP contribution in [0.3, 0.4) is 0 Å². The minimum atomic E-state index is -1.49. The summed E-state index contributed by atoms with van der Waals surface area (Å²) < 4.78 is 1.81. The number of benzene rings is 2. The number of halogens is 2. The third-order valence-electron chi connectivity index (χ3n) is 3.39. The van der Waals surface area contributed by atoms with E-state index >= 15 is 0 Å². The zero-order valence-electron chi connectivity index (χ0n) is 15.2. The summed E-state index contributed by atoms with van der Waals surface area (Å²) in [5, 5.41) is 9.88. The summed E-state index contributed by atoms with van der Waals surface area (Å²) in [6, 6.07) is 12.9. The van der Waals surface area contributed by atoms with Crippen molar-refractivity contribution in [2.24, 2.45) is 10.2 Å². The van der Waals surface area contributed by atoms with E-state index in [0.29, 0.717) is 0 Å². The second-order valence-electron chi connectivity index (χ2n) is 5.71. The van der Waals surface area contributed by atoms with Crippen LogP contribution in [0.5, 0.6) is 0 Å². The first kappa shape index (κ1) is 22.4. The highest BCUT2D eigenvalue weighted by Gasteiger charge is 2.27. The van der Waals surface area contributed by atoms with Crippen molar-refractivity contribution in [3.8, 4) is 0 Å². The van der Waals surface area contributed by atoms with Crippen molar-refractivity contribution in [1.29, 1.82) is 0 Å². The molecule has 0 aromatic heterocycles. The number of hydrogen-bond donors (Lipinski definition) is 3. The maximum atomic E-state index is 12.3. The van der Waals surface area contributed by atoms with Gasteiger partial charge in [-0.1, -0.05) is 56.1 Å². The fourth-order valence-corrected chi connectivity index (χ4v) is 2.55. The zero-order valence-corrected chi connectivity index (χ0v) is 18.4. The Hall–Kier alpha value is -2.85. The van der Waals surface area contributed by atoms with Gasteiger partial charge in [0.05, 0.1) is 12.4 Å². The highest BCUT2D eigenvalue weighted by molar-refractivity contribution is 9.10. The molecule has 0 bridgehead atoms. The van der Waals surface area contributed by atoms with Crippen molar-refractivity contribution in [3.63, 3.8) is 0 Å². The first-order valence-corrected chi connectivity index (χ1v) is 9.88. The highest BCUT2D eigenvalue weighted by Crippen LogP contribution is 2.09. The van der Waals surface area contributed by atoms with Crippen LogP contribution in [0.4, 0.5) is 0 Å². The molecule has 10 heteroatoms. The van der Waals surface area contributed by atoms with E-state index in [1.165, 1.54) is 19.4 Å². The van der Waals surface area contributed by atoms with E-state index in [0.717, 1.165) is 20.1 Å². The van der Waals surface area contributed by atoms with Gasteiger partial charge in [0.15, 0.2) is 6.04 Å². The van der Waals surface area contributed by atoms with Crippen LogP contribution in [-0.4, -0.2) is 36.2 Å². The minimum absolute atomic E-state index is 0.547. The Kier molecular flexibility index (Phi) is 8.68. The number of amides is 3. The topological polar surface area (TPSA) is 112 Å². The molecule has 150 valence electrons. The summed E-state index contributed by atoms with van der Waals surface area (Å²) in [7, 11) is 0. The van der Waals surface area contributed by atoms with Crippen LogP contribution in [0, 0.1) is 0 Å². The van der Waals surface area contributed by atoms with Crippen molar-refractivity contribution in [2.45, 2.75) is 13.0 Å². The number of hydrazone groups is 2. The second kappa shape index (κ2) is 11.2. The monoisotopic (exact) mass is 521 g/mol. The van der Waals surface area contributed by atoms with E-state index in [1.54, 1.807) is 24.3 Å². The van der Waals surface area contributed by atoms with Gasteiger partial charge in [-0.05, 0) is 35.4 Å². The molecule has 0 fully saturated rings. The van der Waals surface area contributed by atoms with Crippen LogP contribution in [-0.2, 0) is 14.4 Å². The highest BCUT2D eigenvalue weighted by atomic mass is 79.9. The Morgan fingerprint density at radius 3 is 1.52 bits per heavy atom. The third kappa shape index (κ3) is 7.96. The lowest BCUT2D eigenvalue weighted by Crippen LogP contribution is -2.53. The molecular formula is C19H17Br2N5O3. The smallest absolute Gasteiger partial charge is 0.272 e. The lowest BCUT2D eigenvalue weighted by atomic mass is 10.2. The molecule has 0 radical (unpaired) electrons. The molecule has 0 spiro atoms. The van der Waals surface area contributed by atoms with Crippen LogP contribution >= 0.6 is 31.9 Å². The number of rotatable bonds is 7. The Balaban J connectivity index is 1.97. The molecule has 2 aromatic rings. The Bertz CT molecular complexity index is 858. The number of hydrogen-bond acceptors (Lipinski definition) is 5. The van der Waals surface area contributed by atoms with Crippen molar-refractivity contribution in [2.75, 3.05) is 0 Å². The van der Waals surface area contributed by atoms with Crippen LogP contribution < -0.4 is 16.2 Å². The quantitative estimate of drug-likeness (QED) is 0.294. The fourth-order valence-electron chi connectivity index (χ4n) is 2.02. The van der Waals surface area contributed by atoms with Gasteiger partial charge in [0.2, 0.25) is 5.91 Å². The summed E-state index contributed by atoms with van der Waals surface area (Å²) in [5.41, 5.74) is 5.95. The standard InChI is InChI=1S/C19H17Br2N5O3/c1-12(27)24-17(18(28)25-22-10-13-2-6-15(20)7-3-13)19(29)26-23-11-14-4-8-16(21)9-5-14/h2-11,17H,1H3,(H,24,27)(H,25,28)(H,26,29). The van der Waals surface area contributed by atoms with Crippen LogP contribution in [0.15, 0.2) is 67.7 Å². The molecule has 0 aliphatic rings. The van der Waals surface area contributed by atoms with Crippen LogP contribution in [0.2, 0.25) is 0 Å². The Morgan fingerprint density at radius 1 is 0.793 bits per heavy atom. The van der Waals surface area contributed by atoms with Gasteiger partial charge in [0.25, 0.3) is 11.8 Å². The van der Waals surface area contributed by atoms with Gasteiger partial charge in [-0.2, -0.15) is 10.2 Å². The maximum absolute atomic E-state index is 12.3. The summed E-state index contributed by atoms with van der Waals surface area (Å²) in [6.07, 6.45) is 2.83. The summed E-state index contributed by atoms with van der Waals surface area (Å²) in [6.45, 7) is 1.20. The van der Waals surface area contributed by atoms with Crippen molar-refractivity contribution < 1.29 is 14.4 Å². The van der Waals surface area contributed by atoms with Gasteiger partial charge >= 0.3 is 0 Å². The molecule has 0 aliphatic heterocycles. The molecule has 0 atom stereocenters. The molecule has 0 saturated carbocycles. The van der Waals surface area contributed by atoms with Crippen molar-refractivity contribution in [3.05, 3.63) is 68.6 Å². The first-order valence-electron chi connectivity index (χ1n) is 8.29. The molecule has 3 N–H and O–H groups in total. The summed E-state index contributed by atoms with van der Waals surface area (Å²) in [4.78, 5) is 35.9. The molecule has 0 unspecified atom stereocenters. The van der Waals surface area contributed by atoms with Crippen molar-refractivity contribution >= 4 is 62.0 Å². The van der Waals surface area contributed by atoms with E-state index in [2.05, 4.69) is 58.2 Å². The molecular weight excluding hydrogens is 506 g/mol. The number of nitrogens with one attached hydrogen (secondary N) is 3. The molecule has 0 aliphatic carbocycles. The van der Waals surface area contributed by atoms with Gasteiger partial charge in [0.1, 0.15) is 0 Å². The normalized spacial score (nSPS) is 12.0. The molecule has 2 rings (SSSR count). The summed E-state index contributed by atoms with van der Waals surface area (Å²) >= 11 is 6.64.